The van der Waals surface area contributed by atoms with E-state index in [0.29, 0.717) is 0 Å². The lowest BCUT2D eigenvalue weighted by Gasteiger charge is -2.04. The van der Waals surface area contributed by atoms with Gasteiger partial charge in [-0.05, 0) is 51.0 Å². The van der Waals surface area contributed by atoms with Crippen molar-refractivity contribution < 1.29 is 14.7 Å². The van der Waals surface area contributed by atoms with Gasteiger partial charge in [0.05, 0.1) is 0 Å². The van der Waals surface area contributed by atoms with E-state index >= 15 is 0 Å². The Bertz CT molecular complexity index is 394. The normalized spacial score (nSPS) is 12.0. The van der Waals surface area contributed by atoms with Crippen LogP contribution in [0.15, 0.2) is 23.8 Å². The van der Waals surface area contributed by atoms with Gasteiger partial charge in [-0.1, -0.05) is 63.7 Å². The molecule has 3 nitrogen and oxygen atoms in total. The Morgan fingerprint density at radius 2 is 1.46 bits per heavy atom. The Morgan fingerprint density at radius 3 is 2.04 bits per heavy atom. The Labute approximate surface area is 148 Å². The summed E-state index contributed by atoms with van der Waals surface area (Å²) in [6.45, 7) is 3.87. The van der Waals surface area contributed by atoms with Gasteiger partial charge < -0.3 is 5.11 Å². The second-order valence-corrected chi connectivity index (χ2v) is 6.50. The minimum Gasteiger partial charge on any atom is -0.481 e. The number of unbranched alkanes of at least 4 members (excludes halogenated alkanes) is 8. The molecule has 138 valence electrons. The second-order valence-electron chi connectivity index (χ2n) is 6.50. The van der Waals surface area contributed by atoms with Crippen LogP contribution in [0.1, 0.15) is 97.3 Å². The molecule has 1 N–H and O–H groups in total. The SMILES string of the molecule is CCCCC/C=C/C/C=C(\CCCCCCCCC(=O)O)C(C)=O. The van der Waals surface area contributed by atoms with Gasteiger partial charge in [-0.15, -0.1) is 0 Å². The molecule has 0 spiro atoms. The van der Waals surface area contributed by atoms with Crippen LogP contribution in [0.5, 0.6) is 0 Å². The third-order valence-electron chi connectivity index (χ3n) is 4.18. The number of carbonyl (C=O) groups is 2. The summed E-state index contributed by atoms with van der Waals surface area (Å²) in [5, 5.41) is 8.57. The van der Waals surface area contributed by atoms with Crippen LogP contribution in [0.2, 0.25) is 0 Å². The summed E-state index contributed by atoms with van der Waals surface area (Å²) in [5.41, 5.74) is 0.957. The lowest BCUT2D eigenvalue weighted by Crippen LogP contribution is -1.97. The first-order valence-electron chi connectivity index (χ1n) is 9.64. The van der Waals surface area contributed by atoms with Crippen LogP contribution in [0, 0.1) is 0 Å². The summed E-state index contributed by atoms with van der Waals surface area (Å²) < 4.78 is 0. The average molecular weight is 337 g/mol. The number of carboxylic acid groups (broad SMARTS) is 1. The molecule has 0 bridgehead atoms. The Kier molecular flexibility index (Phi) is 15.5. The maximum absolute atomic E-state index is 11.7. The molecule has 3 heteroatoms. The Morgan fingerprint density at radius 1 is 0.833 bits per heavy atom. The summed E-state index contributed by atoms with van der Waals surface area (Å²) in [5.74, 6) is -0.513. The molecule has 0 atom stereocenters. The Balaban J connectivity index is 3.78. The lowest BCUT2D eigenvalue weighted by molar-refractivity contribution is -0.137. The molecule has 0 fully saturated rings. The van der Waals surface area contributed by atoms with Crippen molar-refractivity contribution >= 4 is 11.8 Å². The zero-order chi connectivity index (χ0) is 18.0. The third-order valence-corrected chi connectivity index (χ3v) is 4.18. The van der Waals surface area contributed by atoms with Gasteiger partial charge in [-0.25, -0.2) is 0 Å². The fourth-order valence-electron chi connectivity index (χ4n) is 2.66. The van der Waals surface area contributed by atoms with Gasteiger partial charge in [-0.3, -0.25) is 9.59 Å². The van der Waals surface area contributed by atoms with Crippen molar-refractivity contribution in [3.05, 3.63) is 23.8 Å². The second kappa shape index (κ2) is 16.5. The lowest BCUT2D eigenvalue weighted by atomic mass is 10.0. The van der Waals surface area contributed by atoms with E-state index in [2.05, 4.69) is 25.2 Å². The summed E-state index contributed by atoms with van der Waals surface area (Å²) in [6.07, 6.45) is 19.5. The molecule has 0 saturated heterocycles. The van der Waals surface area contributed by atoms with Crippen molar-refractivity contribution in [1.29, 1.82) is 0 Å². The van der Waals surface area contributed by atoms with Gasteiger partial charge in [-0.2, -0.15) is 0 Å². The van der Waals surface area contributed by atoms with E-state index < -0.39 is 5.97 Å². The quantitative estimate of drug-likeness (QED) is 0.206. The first-order chi connectivity index (χ1) is 11.6. The number of ketones is 1. The molecule has 0 aliphatic carbocycles. The third kappa shape index (κ3) is 15.5. The summed E-state index contributed by atoms with van der Waals surface area (Å²) in [4.78, 5) is 22.1. The topological polar surface area (TPSA) is 54.4 Å². The Hall–Kier alpha value is -1.38. The van der Waals surface area contributed by atoms with E-state index in [4.69, 9.17) is 5.11 Å². The number of allylic oxidation sites excluding steroid dienone is 4. The van der Waals surface area contributed by atoms with Gasteiger partial charge in [0.25, 0.3) is 0 Å². The highest BCUT2D eigenvalue weighted by atomic mass is 16.4. The molecule has 0 saturated carbocycles. The largest absolute Gasteiger partial charge is 0.481 e. The van der Waals surface area contributed by atoms with Gasteiger partial charge in [0.1, 0.15) is 0 Å². The van der Waals surface area contributed by atoms with E-state index in [0.717, 1.165) is 63.4 Å². The van der Waals surface area contributed by atoms with Crippen LogP contribution in [-0.2, 0) is 9.59 Å². The predicted octanol–water partition coefficient (Wildman–Crippen LogP) is 6.23. The molecule has 0 aliphatic rings. The fraction of sp³-hybridized carbons (Fsp3) is 0.714. The van der Waals surface area contributed by atoms with Crippen LogP contribution in [-0.4, -0.2) is 16.9 Å². The smallest absolute Gasteiger partial charge is 0.303 e. The highest BCUT2D eigenvalue weighted by molar-refractivity contribution is 5.93. The minimum absolute atomic E-state index is 0.191. The number of carbonyl (C=O) groups excluding carboxylic acids is 1. The van der Waals surface area contributed by atoms with Crippen LogP contribution in [0.25, 0.3) is 0 Å². The van der Waals surface area contributed by atoms with Gasteiger partial charge >= 0.3 is 5.97 Å². The number of hydrogen-bond acceptors (Lipinski definition) is 2. The van der Waals surface area contributed by atoms with Crippen LogP contribution >= 0.6 is 0 Å². The number of hydrogen-bond donors (Lipinski definition) is 1. The monoisotopic (exact) mass is 336 g/mol. The van der Waals surface area contributed by atoms with E-state index in [-0.39, 0.29) is 12.2 Å². The van der Waals surface area contributed by atoms with Crippen LogP contribution < -0.4 is 0 Å². The van der Waals surface area contributed by atoms with Gasteiger partial charge in [0.2, 0.25) is 0 Å². The number of aliphatic carboxylic acids is 1. The number of carboxylic acids is 1. The molecule has 0 rings (SSSR count). The standard InChI is InChI=1S/C21H36O3/c1-3-4-5-6-7-10-13-16-20(19(2)22)17-14-11-8-9-12-15-18-21(23)24/h7,10,16H,3-6,8-9,11-15,17-18H2,1-2H3,(H,23,24)/b10-7+,20-16+. The molecule has 0 radical (unpaired) electrons. The predicted molar refractivity (Wildman–Crippen MR) is 101 cm³/mol. The minimum atomic E-state index is -0.703. The van der Waals surface area contributed by atoms with Crippen LogP contribution in [0.3, 0.4) is 0 Å². The van der Waals surface area contributed by atoms with E-state index in [1.807, 2.05) is 0 Å². The molecular formula is C21H36O3. The average Bonchev–Trinajstić information content (AvgIpc) is 2.53. The summed E-state index contributed by atoms with van der Waals surface area (Å²) >= 11 is 0. The molecule has 0 aromatic carbocycles. The van der Waals surface area contributed by atoms with Gasteiger partial charge in [0, 0.05) is 6.42 Å². The molecule has 0 aromatic rings. The molecule has 0 aliphatic heterocycles. The maximum Gasteiger partial charge on any atom is 0.303 e. The van der Waals surface area contributed by atoms with Crippen LogP contribution in [0.4, 0.5) is 0 Å². The van der Waals surface area contributed by atoms with Crippen molar-refractivity contribution in [3.63, 3.8) is 0 Å². The van der Waals surface area contributed by atoms with Crippen molar-refractivity contribution in [2.45, 2.75) is 97.3 Å². The van der Waals surface area contributed by atoms with Crippen molar-refractivity contribution in [2.75, 3.05) is 0 Å². The molecular weight excluding hydrogens is 300 g/mol. The number of Topliss-reactive ketones (excluding diaryl/α,β-unsaturated/α-hetero) is 1. The molecule has 24 heavy (non-hydrogen) atoms. The van der Waals surface area contributed by atoms with E-state index in [9.17, 15) is 9.59 Å². The summed E-state index contributed by atoms with van der Waals surface area (Å²) in [7, 11) is 0. The fourth-order valence-corrected chi connectivity index (χ4v) is 2.66. The number of rotatable bonds is 16. The van der Waals surface area contributed by atoms with E-state index in [1.54, 1.807) is 6.92 Å². The van der Waals surface area contributed by atoms with Crippen molar-refractivity contribution in [1.82, 2.24) is 0 Å². The maximum atomic E-state index is 11.7. The zero-order valence-electron chi connectivity index (χ0n) is 15.7. The van der Waals surface area contributed by atoms with Crippen molar-refractivity contribution in [2.24, 2.45) is 0 Å². The zero-order valence-corrected chi connectivity index (χ0v) is 15.7. The van der Waals surface area contributed by atoms with Crippen molar-refractivity contribution in [3.8, 4) is 0 Å². The molecule has 0 aromatic heterocycles. The molecule has 0 heterocycles. The summed E-state index contributed by atoms with van der Waals surface area (Å²) in [6, 6.07) is 0. The highest BCUT2D eigenvalue weighted by Crippen LogP contribution is 2.14. The van der Waals surface area contributed by atoms with E-state index in [1.165, 1.54) is 19.3 Å². The van der Waals surface area contributed by atoms with Gasteiger partial charge in [0.15, 0.2) is 5.78 Å². The first kappa shape index (κ1) is 22.6. The molecule has 0 unspecified atom stereocenters. The first-order valence-corrected chi connectivity index (χ1v) is 9.64. The molecule has 0 amide bonds. The highest BCUT2D eigenvalue weighted by Gasteiger charge is 2.03.